The number of nitrogen functional groups attached to an aromatic ring is 1. The smallest absolute Gasteiger partial charge is 0.236 e. The first-order valence-corrected chi connectivity index (χ1v) is 7.05. The van der Waals surface area contributed by atoms with Crippen LogP contribution in [0.25, 0.3) is 0 Å². The van der Waals surface area contributed by atoms with Crippen molar-refractivity contribution in [1.82, 2.24) is 9.78 Å². The number of hydrogen-bond acceptors (Lipinski definition) is 4. The third-order valence-corrected chi connectivity index (χ3v) is 3.51. The molecule has 1 aromatic rings. The molecule has 0 aromatic carbocycles. The van der Waals surface area contributed by atoms with Crippen LogP contribution < -0.4 is 10.5 Å². The zero-order valence-corrected chi connectivity index (χ0v) is 12.5. The molecule has 2 heterocycles. The number of hydrogen-bond donors (Lipinski definition) is 1. The highest BCUT2D eigenvalue weighted by molar-refractivity contribution is 5.52. The van der Waals surface area contributed by atoms with Crippen LogP contribution in [0, 0.1) is 6.92 Å². The van der Waals surface area contributed by atoms with Gasteiger partial charge in [-0.2, -0.15) is 5.10 Å². The Morgan fingerprint density at radius 2 is 1.89 bits per heavy atom. The van der Waals surface area contributed by atoms with Crippen molar-refractivity contribution in [3.8, 4) is 5.88 Å². The third-order valence-electron chi connectivity index (χ3n) is 3.51. The van der Waals surface area contributed by atoms with Gasteiger partial charge in [-0.3, -0.25) is 0 Å². The van der Waals surface area contributed by atoms with Crippen LogP contribution in [0.2, 0.25) is 0 Å². The molecule has 5 heteroatoms. The van der Waals surface area contributed by atoms with Gasteiger partial charge in [0.05, 0.1) is 23.9 Å². The fourth-order valence-corrected chi connectivity index (χ4v) is 2.60. The number of aromatic nitrogens is 2. The van der Waals surface area contributed by atoms with Crippen LogP contribution >= 0.6 is 0 Å². The van der Waals surface area contributed by atoms with E-state index in [4.69, 9.17) is 15.2 Å². The van der Waals surface area contributed by atoms with Gasteiger partial charge in [0.15, 0.2) is 0 Å². The topological polar surface area (TPSA) is 62.3 Å². The monoisotopic (exact) mass is 267 g/mol. The van der Waals surface area contributed by atoms with Gasteiger partial charge in [-0.1, -0.05) is 0 Å². The van der Waals surface area contributed by atoms with E-state index in [0.717, 1.165) is 18.5 Å². The predicted molar refractivity (Wildman–Crippen MR) is 75.4 cm³/mol. The Morgan fingerprint density at radius 1 is 1.32 bits per heavy atom. The van der Waals surface area contributed by atoms with E-state index in [2.05, 4.69) is 32.8 Å². The summed E-state index contributed by atoms with van der Waals surface area (Å²) >= 11 is 0. The van der Waals surface area contributed by atoms with Crippen LogP contribution in [0.5, 0.6) is 5.88 Å². The fraction of sp³-hybridized carbons (Fsp3) is 0.786. The van der Waals surface area contributed by atoms with Crippen molar-refractivity contribution in [2.24, 2.45) is 0 Å². The molecule has 2 rings (SSSR count). The molecule has 1 fully saturated rings. The van der Waals surface area contributed by atoms with Crippen molar-refractivity contribution in [2.75, 3.05) is 5.73 Å². The molecule has 0 aliphatic carbocycles. The summed E-state index contributed by atoms with van der Waals surface area (Å²) in [6, 6.07) is 0.237. The number of aryl methyl sites for hydroxylation is 1. The van der Waals surface area contributed by atoms with Crippen molar-refractivity contribution in [3.05, 3.63) is 5.69 Å². The maximum absolute atomic E-state index is 6.14. The molecular weight excluding hydrogens is 242 g/mol. The summed E-state index contributed by atoms with van der Waals surface area (Å²) in [7, 11) is 0. The van der Waals surface area contributed by atoms with Gasteiger partial charge >= 0.3 is 0 Å². The Balaban J connectivity index is 2.18. The summed E-state index contributed by atoms with van der Waals surface area (Å²) < 4.78 is 13.7. The lowest BCUT2D eigenvalue weighted by molar-refractivity contribution is -0.0737. The first kappa shape index (κ1) is 14.2. The average molecular weight is 267 g/mol. The molecule has 2 unspecified atom stereocenters. The molecule has 1 aliphatic heterocycles. The Bertz CT molecular complexity index is 432. The minimum Gasteiger partial charge on any atom is -0.473 e. The van der Waals surface area contributed by atoms with E-state index in [9.17, 15) is 0 Å². The molecule has 0 amide bonds. The van der Waals surface area contributed by atoms with Gasteiger partial charge in [0.25, 0.3) is 0 Å². The molecule has 1 aliphatic rings. The fourth-order valence-electron chi connectivity index (χ4n) is 2.60. The normalized spacial score (nSPS) is 27.8. The predicted octanol–water partition coefficient (Wildman–Crippen LogP) is 2.69. The van der Waals surface area contributed by atoms with Crippen molar-refractivity contribution < 1.29 is 9.47 Å². The maximum Gasteiger partial charge on any atom is 0.236 e. The summed E-state index contributed by atoms with van der Waals surface area (Å²) in [5, 5.41) is 4.45. The highest BCUT2D eigenvalue weighted by Crippen LogP contribution is 2.31. The molecule has 2 atom stereocenters. The molecule has 1 saturated heterocycles. The molecule has 5 nitrogen and oxygen atoms in total. The first-order chi connectivity index (χ1) is 8.88. The number of rotatable bonds is 3. The third kappa shape index (κ3) is 3.03. The molecule has 0 radical (unpaired) electrons. The van der Waals surface area contributed by atoms with E-state index in [1.807, 2.05) is 11.6 Å². The van der Waals surface area contributed by atoms with Gasteiger partial charge in [-0.25, -0.2) is 4.68 Å². The van der Waals surface area contributed by atoms with Crippen molar-refractivity contribution in [1.29, 1.82) is 0 Å². The van der Waals surface area contributed by atoms with E-state index in [1.54, 1.807) is 0 Å². The summed E-state index contributed by atoms with van der Waals surface area (Å²) in [5.74, 6) is 0.707. The number of anilines is 1. The minimum atomic E-state index is 0.148. The van der Waals surface area contributed by atoms with Crippen LogP contribution in [0.4, 0.5) is 5.69 Å². The minimum absolute atomic E-state index is 0.148. The van der Waals surface area contributed by atoms with Gasteiger partial charge in [0, 0.05) is 12.8 Å². The van der Waals surface area contributed by atoms with Crippen LogP contribution in [0.1, 0.15) is 52.3 Å². The quantitative estimate of drug-likeness (QED) is 0.914. The van der Waals surface area contributed by atoms with Crippen LogP contribution in [-0.4, -0.2) is 28.1 Å². The number of ether oxygens (including phenoxy) is 2. The van der Waals surface area contributed by atoms with Crippen molar-refractivity contribution in [3.63, 3.8) is 0 Å². The Labute approximate surface area is 115 Å². The Hall–Kier alpha value is -1.23. The second-order valence-electron chi connectivity index (χ2n) is 5.81. The molecule has 0 spiro atoms. The molecule has 108 valence electrons. The zero-order valence-electron chi connectivity index (χ0n) is 12.5. The summed E-state index contributed by atoms with van der Waals surface area (Å²) in [6.45, 7) is 10.2. The lowest BCUT2D eigenvalue weighted by Gasteiger charge is -2.32. The lowest BCUT2D eigenvalue weighted by Crippen LogP contribution is -2.36. The SMILES string of the molecule is Cc1nn(C(C)C)c(OC2CC(C)OC(C)C2)c1N. The Morgan fingerprint density at radius 3 is 2.42 bits per heavy atom. The molecule has 2 N–H and O–H groups in total. The lowest BCUT2D eigenvalue weighted by atomic mass is 10.0. The second-order valence-corrected chi connectivity index (χ2v) is 5.81. The van der Waals surface area contributed by atoms with Crippen molar-refractivity contribution in [2.45, 2.75) is 71.8 Å². The average Bonchev–Trinajstić information content (AvgIpc) is 2.56. The van der Waals surface area contributed by atoms with E-state index in [1.165, 1.54) is 0 Å². The van der Waals surface area contributed by atoms with Gasteiger partial charge in [0.1, 0.15) is 11.8 Å². The molecule has 0 saturated carbocycles. The summed E-state index contributed by atoms with van der Waals surface area (Å²) in [6.07, 6.45) is 2.39. The molecular formula is C14H25N3O2. The molecule has 0 bridgehead atoms. The maximum atomic E-state index is 6.14. The van der Waals surface area contributed by atoms with Gasteiger partial charge in [0.2, 0.25) is 5.88 Å². The largest absolute Gasteiger partial charge is 0.473 e. The number of nitrogens with zero attached hydrogens (tertiary/aromatic N) is 2. The Kier molecular flexibility index (Phi) is 4.04. The van der Waals surface area contributed by atoms with Gasteiger partial charge in [-0.05, 0) is 34.6 Å². The van der Waals surface area contributed by atoms with Gasteiger partial charge in [-0.15, -0.1) is 0 Å². The van der Waals surface area contributed by atoms with E-state index >= 15 is 0 Å². The van der Waals surface area contributed by atoms with Gasteiger partial charge < -0.3 is 15.2 Å². The van der Waals surface area contributed by atoms with E-state index in [0.29, 0.717) is 11.6 Å². The van der Waals surface area contributed by atoms with Crippen LogP contribution in [0.3, 0.4) is 0 Å². The van der Waals surface area contributed by atoms with Crippen LogP contribution in [0.15, 0.2) is 0 Å². The first-order valence-electron chi connectivity index (χ1n) is 7.05. The van der Waals surface area contributed by atoms with E-state index in [-0.39, 0.29) is 24.4 Å². The second kappa shape index (κ2) is 5.41. The standard InChI is InChI=1S/C14H25N3O2/c1-8(2)17-14(13(15)11(5)16-17)19-12-6-9(3)18-10(4)7-12/h8-10,12H,6-7,15H2,1-5H3. The van der Waals surface area contributed by atoms with Crippen molar-refractivity contribution >= 4 is 5.69 Å². The van der Waals surface area contributed by atoms with Crippen LogP contribution in [-0.2, 0) is 4.74 Å². The number of nitrogens with two attached hydrogens (primary N) is 1. The van der Waals surface area contributed by atoms with E-state index < -0.39 is 0 Å². The zero-order chi connectivity index (χ0) is 14.2. The highest BCUT2D eigenvalue weighted by Gasteiger charge is 2.28. The highest BCUT2D eigenvalue weighted by atomic mass is 16.5. The summed E-state index contributed by atoms with van der Waals surface area (Å²) in [5.41, 5.74) is 7.57. The summed E-state index contributed by atoms with van der Waals surface area (Å²) in [4.78, 5) is 0. The molecule has 1 aromatic heterocycles. The molecule has 19 heavy (non-hydrogen) atoms.